The predicted octanol–water partition coefficient (Wildman–Crippen LogP) is 6.40. The van der Waals surface area contributed by atoms with Crippen LogP contribution in [0.25, 0.3) is 4.85 Å². The number of nitrogens with one attached hydrogen (secondary N) is 2. The second kappa shape index (κ2) is 14.5. The molecule has 44 heavy (non-hydrogen) atoms. The highest BCUT2D eigenvalue weighted by atomic mass is 19.3. The van der Waals surface area contributed by atoms with E-state index in [2.05, 4.69) is 15.5 Å². The zero-order chi connectivity index (χ0) is 31.8. The van der Waals surface area contributed by atoms with Crippen molar-refractivity contribution in [3.8, 4) is 11.5 Å². The first kappa shape index (κ1) is 32.1. The molecule has 8 nitrogen and oxygen atoms in total. The van der Waals surface area contributed by atoms with Crippen molar-refractivity contribution in [2.75, 3.05) is 37.6 Å². The number of likely N-dealkylation sites (N-methyl/N-ethyl adjacent to an activating group) is 1. The number of carbonyl (C=O) groups excluding carboxylic acids is 2. The first-order valence-corrected chi connectivity index (χ1v) is 13.6. The maximum absolute atomic E-state index is 15.2. The van der Waals surface area contributed by atoms with Gasteiger partial charge in [-0.05, 0) is 47.9 Å². The monoisotopic (exact) mass is 616 g/mol. The van der Waals surface area contributed by atoms with E-state index in [4.69, 9.17) is 16.0 Å². The molecule has 2 amide bonds. The molecule has 4 bridgehead atoms. The van der Waals surface area contributed by atoms with E-state index in [0.29, 0.717) is 22.5 Å². The number of anilines is 2. The number of ether oxygens (including phenoxy) is 2. The topological polar surface area (TPSA) is 84.3 Å². The van der Waals surface area contributed by atoms with Crippen molar-refractivity contribution in [3.05, 3.63) is 88.5 Å². The normalized spacial score (nSPS) is 15.4. The minimum Gasteiger partial charge on any atom is -0.487 e. The molecule has 232 valence electrons. The number of carbonyl (C=O) groups is 2. The minimum atomic E-state index is -2.74. The highest BCUT2D eigenvalue weighted by molar-refractivity contribution is 5.91. The second-order valence-electron chi connectivity index (χ2n) is 10.0. The lowest BCUT2D eigenvalue weighted by atomic mass is 9.98. The summed E-state index contributed by atoms with van der Waals surface area (Å²) in [5.41, 5.74) is 1.72. The highest BCUT2D eigenvalue weighted by Gasteiger charge is 2.28. The molecule has 0 aromatic heterocycles. The lowest BCUT2D eigenvalue weighted by Crippen LogP contribution is -2.35. The van der Waals surface area contributed by atoms with Crippen molar-refractivity contribution < 1.29 is 41.0 Å². The van der Waals surface area contributed by atoms with E-state index in [9.17, 15) is 27.2 Å². The molecular weight excluding hydrogens is 587 g/mol. The number of alkyl halides is 4. The first-order valence-electron chi connectivity index (χ1n) is 13.6. The maximum atomic E-state index is 15.2. The van der Waals surface area contributed by atoms with E-state index in [1.54, 1.807) is 30.3 Å². The molecule has 1 unspecified atom stereocenters. The third-order valence-corrected chi connectivity index (χ3v) is 6.78. The minimum absolute atomic E-state index is 0.0160. The summed E-state index contributed by atoms with van der Waals surface area (Å²) in [5, 5.41) is 5.68. The number of aryl methyl sites for hydroxylation is 1. The Balaban J connectivity index is 1.79. The zero-order valence-corrected chi connectivity index (χ0v) is 23.6. The molecule has 3 aromatic rings. The summed E-state index contributed by atoms with van der Waals surface area (Å²) in [6.07, 6.45) is -4.44. The summed E-state index contributed by atoms with van der Waals surface area (Å²) >= 11 is 0. The van der Waals surface area contributed by atoms with E-state index < -0.39 is 61.9 Å². The van der Waals surface area contributed by atoms with E-state index >= 15 is 4.39 Å². The molecule has 0 radical (unpaired) electrons. The van der Waals surface area contributed by atoms with Gasteiger partial charge in [0.1, 0.15) is 31.7 Å². The average molecular weight is 617 g/mol. The van der Waals surface area contributed by atoms with Gasteiger partial charge in [-0.15, -0.1) is 0 Å². The second-order valence-corrected chi connectivity index (χ2v) is 10.0. The number of amides is 2. The molecule has 1 aliphatic rings. The zero-order valence-electron chi connectivity index (χ0n) is 23.6. The Labute approximate surface area is 250 Å². The summed E-state index contributed by atoms with van der Waals surface area (Å²) in [5.74, 6) is -2.40. The fourth-order valence-corrected chi connectivity index (χ4v) is 4.62. The maximum Gasteiger partial charge on any atom is 0.272 e. The molecule has 0 fully saturated rings. The fourth-order valence-electron chi connectivity index (χ4n) is 4.62. The quantitative estimate of drug-likeness (QED) is 0.215. The van der Waals surface area contributed by atoms with Crippen LogP contribution in [0.4, 0.5) is 39.0 Å². The van der Waals surface area contributed by atoms with Crippen LogP contribution in [0.3, 0.4) is 0 Å². The molecule has 3 aromatic carbocycles. The lowest BCUT2D eigenvalue weighted by molar-refractivity contribution is -0.131. The van der Waals surface area contributed by atoms with Crippen molar-refractivity contribution in [2.24, 2.45) is 0 Å². The molecule has 2 N–H and O–H groups in total. The van der Waals surface area contributed by atoms with Gasteiger partial charge in [0.05, 0.1) is 6.57 Å². The van der Waals surface area contributed by atoms with Gasteiger partial charge in [-0.3, -0.25) is 9.59 Å². The fraction of sp³-hybridized carbons (Fsp3) is 0.323. The Morgan fingerprint density at radius 2 is 1.77 bits per heavy atom. The molecule has 1 atom stereocenters. The Bertz CT molecular complexity index is 1530. The van der Waals surface area contributed by atoms with Gasteiger partial charge >= 0.3 is 0 Å². The molecule has 1 aliphatic heterocycles. The van der Waals surface area contributed by atoms with Gasteiger partial charge in [0.15, 0.2) is 23.4 Å². The average Bonchev–Trinajstić information content (AvgIpc) is 3.01. The van der Waals surface area contributed by atoms with Crippen LogP contribution >= 0.6 is 0 Å². The van der Waals surface area contributed by atoms with Crippen LogP contribution in [0, 0.1) is 12.4 Å². The van der Waals surface area contributed by atoms with Gasteiger partial charge in [0.2, 0.25) is 11.8 Å². The van der Waals surface area contributed by atoms with Crippen molar-refractivity contribution >= 4 is 28.9 Å². The SMILES string of the molecule is [C-]#[N+]c1ccc(NC2C(=O)N(C)Cc3cc(cc(F)c3OC(CF)CF)NC(=O)CCc3cc2ccc3OCC(F)F)cc1. The van der Waals surface area contributed by atoms with Crippen LogP contribution in [-0.2, 0) is 22.6 Å². The van der Waals surface area contributed by atoms with Gasteiger partial charge in [0.25, 0.3) is 6.43 Å². The molecular formula is C31H29F5N4O4. The Morgan fingerprint density at radius 1 is 1.05 bits per heavy atom. The number of nitrogens with zero attached hydrogens (tertiary/aromatic N) is 2. The van der Waals surface area contributed by atoms with Gasteiger partial charge in [0, 0.05) is 43.0 Å². The molecule has 4 rings (SSSR count). The van der Waals surface area contributed by atoms with Crippen LogP contribution in [0.1, 0.15) is 29.2 Å². The molecule has 1 heterocycles. The van der Waals surface area contributed by atoms with Gasteiger partial charge < -0.3 is 25.0 Å². The summed E-state index contributed by atoms with van der Waals surface area (Å²) in [6, 6.07) is 12.1. The number of benzene rings is 3. The number of hydrogen-bond donors (Lipinski definition) is 2. The molecule has 0 spiro atoms. The van der Waals surface area contributed by atoms with Crippen LogP contribution in [-0.4, -0.2) is 56.2 Å². The van der Waals surface area contributed by atoms with E-state index in [0.717, 1.165) is 6.07 Å². The Hall–Kier alpha value is -4.86. The molecule has 0 saturated carbocycles. The molecule has 13 heteroatoms. The summed E-state index contributed by atoms with van der Waals surface area (Å²) < 4.78 is 78.3. The Morgan fingerprint density at radius 3 is 2.43 bits per heavy atom. The van der Waals surface area contributed by atoms with E-state index in [1.165, 1.54) is 30.1 Å². The van der Waals surface area contributed by atoms with Crippen molar-refractivity contribution in [3.63, 3.8) is 0 Å². The van der Waals surface area contributed by atoms with Crippen molar-refractivity contribution in [1.82, 2.24) is 4.90 Å². The van der Waals surface area contributed by atoms with Gasteiger partial charge in [-0.1, -0.05) is 18.2 Å². The highest BCUT2D eigenvalue weighted by Crippen LogP contribution is 2.33. The number of rotatable bonds is 9. The molecule has 0 aliphatic carbocycles. The number of hydrogen-bond acceptors (Lipinski definition) is 5. The number of fused-ring (bicyclic) bond motifs is 4. The standard InChI is InChI=1S/C31H29F5N4O4/c1-37-21-5-7-22(8-6-21)39-29-19-3-9-26(43-17-27(35)36)18(11-19)4-10-28(41)38-23-12-20(16-40(2)31(29)42)30(25(34)13-23)44-24(14-32)15-33/h3,5-9,11-13,24,27,29,39H,4,10,14-17H2,2H3,(H,38,41). The first-order chi connectivity index (χ1) is 21.1. The summed E-state index contributed by atoms with van der Waals surface area (Å²) in [7, 11) is 1.43. The van der Waals surface area contributed by atoms with Crippen molar-refractivity contribution in [2.45, 2.75) is 38.0 Å². The van der Waals surface area contributed by atoms with E-state index in [-0.39, 0.29) is 36.4 Å². The molecule has 0 saturated heterocycles. The smallest absolute Gasteiger partial charge is 0.272 e. The van der Waals surface area contributed by atoms with Crippen LogP contribution in [0.2, 0.25) is 0 Å². The van der Waals surface area contributed by atoms with Crippen LogP contribution in [0.15, 0.2) is 54.6 Å². The Kier molecular flexibility index (Phi) is 10.6. The predicted molar refractivity (Wildman–Crippen MR) is 153 cm³/mol. The van der Waals surface area contributed by atoms with Gasteiger partial charge in [-0.2, -0.15) is 0 Å². The summed E-state index contributed by atoms with van der Waals surface area (Å²) in [4.78, 5) is 31.4. The number of halogens is 5. The van der Waals surface area contributed by atoms with Crippen LogP contribution < -0.4 is 20.1 Å². The van der Waals surface area contributed by atoms with E-state index in [1.807, 2.05) is 0 Å². The third-order valence-electron chi connectivity index (χ3n) is 6.78. The lowest BCUT2D eigenvalue weighted by Gasteiger charge is -2.28. The van der Waals surface area contributed by atoms with Crippen molar-refractivity contribution in [1.29, 1.82) is 0 Å². The third kappa shape index (κ3) is 7.94. The van der Waals surface area contributed by atoms with Crippen LogP contribution in [0.5, 0.6) is 11.5 Å². The largest absolute Gasteiger partial charge is 0.487 e. The van der Waals surface area contributed by atoms with Gasteiger partial charge in [-0.25, -0.2) is 26.8 Å². The summed E-state index contributed by atoms with van der Waals surface area (Å²) in [6.45, 7) is 3.57.